The van der Waals surface area contributed by atoms with Crippen LogP contribution in [0, 0.1) is 5.92 Å². The van der Waals surface area contributed by atoms with Crippen molar-refractivity contribution in [1.82, 2.24) is 4.90 Å². The Morgan fingerprint density at radius 2 is 2.26 bits per heavy atom. The van der Waals surface area contributed by atoms with Crippen LogP contribution in [-0.4, -0.2) is 42.7 Å². The third-order valence-electron chi connectivity index (χ3n) is 3.25. The topological polar surface area (TPSA) is 75.8 Å². The van der Waals surface area contributed by atoms with Gasteiger partial charge in [0, 0.05) is 25.8 Å². The maximum absolute atomic E-state index is 12.1. The molecule has 0 heterocycles. The van der Waals surface area contributed by atoms with Crippen LogP contribution in [0.4, 0.5) is 5.69 Å². The molecule has 0 aromatic heterocycles. The number of likely N-dealkylation sites (N-methyl/N-ethyl adjacent to an activating group) is 1. The number of benzene rings is 1. The van der Waals surface area contributed by atoms with Crippen molar-refractivity contribution >= 4 is 11.6 Å². The molecule has 1 fully saturated rings. The van der Waals surface area contributed by atoms with Crippen LogP contribution in [0.2, 0.25) is 0 Å². The smallest absolute Gasteiger partial charge is 0.253 e. The number of nitrogens with zero attached hydrogens (tertiary/aromatic N) is 1. The number of anilines is 1. The monoisotopic (exact) mass is 264 g/mol. The number of carbonyl (C=O) groups excluding carboxylic acids is 1. The Bertz CT molecular complexity index is 458. The van der Waals surface area contributed by atoms with E-state index in [0.29, 0.717) is 18.7 Å². The Balaban J connectivity index is 1.81. The minimum absolute atomic E-state index is 0.0655. The van der Waals surface area contributed by atoms with Gasteiger partial charge in [-0.05, 0) is 37.0 Å². The SMILES string of the molecule is CN(CCOCC1CC1)C(=O)c1ccc(N)c(O)c1. The van der Waals surface area contributed by atoms with E-state index in [4.69, 9.17) is 10.5 Å². The average Bonchev–Trinajstić information content (AvgIpc) is 3.21. The molecule has 0 unspecified atom stereocenters. The average molecular weight is 264 g/mol. The summed E-state index contributed by atoms with van der Waals surface area (Å²) in [5.41, 5.74) is 6.20. The molecule has 5 heteroatoms. The number of phenolic OH excluding ortho intramolecular Hbond substituents is 1. The zero-order valence-corrected chi connectivity index (χ0v) is 11.1. The summed E-state index contributed by atoms with van der Waals surface area (Å²) < 4.78 is 5.49. The Kier molecular flexibility index (Phi) is 4.27. The molecule has 1 aromatic carbocycles. The zero-order chi connectivity index (χ0) is 13.8. The molecule has 104 valence electrons. The molecule has 0 radical (unpaired) electrons. The molecule has 1 aliphatic carbocycles. The molecule has 3 N–H and O–H groups in total. The third kappa shape index (κ3) is 3.86. The first-order valence-corrected chi connectivity index (χ1v) is 6.49. The van der Waals surface area contributed by atoms with Crippen molar-refractivity contribution in [3.05, 3.63) is 23.8 Å². The molecule has 2 rings (SSSR count). The molecule has 19 heavy (non-hydrogen) atoms. The number of hydrogen-bond acceptors (Lipinski definition) is 4. The molecule has 0 atom stereocenters. The van der Waals surface area contributed by atoms with Gasteiger partial charge < -0.3 is 20.5 Å². The second-order valence-electron chi connectivity index (χ2n) is 5.02. The van der Waals surface area contributed by atoms with Gasteiger partial charge in [0.1, 0.15) is 5.75 Å². The van der Waals surface area contributed by atoms with Crippen molar-refractivity contribution in [2.45, 2.75) is 12.8 Å². The standard InChI is InChI=1S/C14H20N2O3/c1-16(6-7-19-9-10-2-3-10)14(18)11-4-5-12(15)13(17)8-11/h4-5,8,10,17H,2-3,6-7,9,15H2,1H3. The lowest BCUT2D eigenvalue weighted by molar-refractivity contribution is 0.0681. The fourth-order valence-corrected chi connectivity index (χ4v) is 1.73. The fraction of sp³-hybridized carbons (Fsp3) is 0.500. The van der Waals surface area contributed by atoms with Crippen molar-refractivity contribution in [1.29, 1.82) is 0 Å². The van der Waals surface area contributed by atoms with E-state index in [9.17, 15) is 9.90 Å². The highest BCUT2D eigenvalue weighted by atomic mass is 16.5. The molecular formula is C14H20N2O3. The summed E-state index contributed by atoms with van der Waals surface area (Å²) in [6.45, 7) is 1.88. The molecule has 0 spiro atoms. The Hall–Kier alpha value is -1.75. The van der Waals surface area contributed by atoms with Gasteiger partial charge >= 0.3 is 0 Å². The van der Waals surface area contributed by atoms with Crippen LogP contribution in [-0.2, 0) is 4.74 Å². The van der Waals surface area contributed by atoms with Crippen LogP contribution >= 0.6 is 0 Å². The molecule has 0 saturated heterocycles. The van der Waals surface area contributed by atoms with Gasteiger partial charge in [-0.1, -0.05) is 0 Å². The van der Waals surface area contributed by atoms with Crippen LogP contribution in [0.25, 0.3) is 0 Å². The van der Waals surface area contributed by atoms with E-state index < -0.39 is 0 Å². The minimum Gasteiger partial charge on any atom is -0.506 e. The molecule has 1 aliphatic rings. The van der Waals surface area contributed by atoms with Crippen LogP contribution in [0.15, 0.2) is 18.2 Å². The van der Waals surface area contributed by atoms with Gasteiger partial charge in [0.05, 0.1) is 12.3 Å². The largest absolute Gasteiger partial charge is 0.506 e. The number of phenols is 1. The normalized spacial score (nSPS) is 14.4. The van der Waals surface area contributed by atoms with Crippen LogP contribution < -0.4 is 5.73 Å². The maximum atomic E-state index is 12.1. The van der Waals surface area contributed by atoms with Gasteiger partial charge in [0.15, 0.2) is 0 Å². The third-order valence-corrected chi connectivity index (χ3v) is 3.25. The molecular weight excluding hydrogens is 244 g/mol. The zero-order valence-electron chi connectivity index (χ0n) is 11.1. The van der Waals surface area contributed by atoms with Gasteiger partial charge in [-0.3, -0.25) is 4.79 Å². The highest BCUT2D eigenvalue weighted by Gasteiger charge is 2.21. The summed E-state index contributed by atoms with van der Waals surface area (Å²) in [6.07, 6.45) is 2.53. The highest BCUT2D eigenvalue weighted by molar-refractivity contribution is 5.95. The van der Waals surface area contributed by atoms with Crippen molar-refractivity contribution in [2.75, 3.05) is 32.5 Å². The van der Waals surface area contributed by atoms with Crippen molar-refractivity contribution in [3.63, 3.8) is 0 Å². The first-order valence-electron chi connectivity index (χ1n) is 6.49. The Morgan fingerprint density at radius 3 is 2.89 bits per heavy atom. The van der Waals surface area contributed by atoms with Gasteiger partial charge in [-0.2, -0.15) is 0 Å². The van der Waals surface area contributed by atoms with Gasteiger partial charge in [0.2, 0.25) is 0 Å². The lowest BCUT2D eigenvalue weighted by Gasteiger charge is -2.17. The van der Waals surface area contributed by atoms with Crippen molar-refractivity contribution < 1.29 is 14.6 Å². The number of ether oxygens (including phenoxy) is 1. The summed E-state index contributed by atoms with van der Waals surface area (Å²) in [6, 6.07) is 4.53. The quantitative estimate of drug-likeness (QED) is 0.463. The van der Waals surface area contributed by atoms with E-state index in [1.165, 1.54) is 25.0 Å². The summed E-state index contributed by atoms with van der Waals surface area (Å²) in [5, 5.41) is 9.49. The van der Waals surface area contributed by atoms with Crippen LogP contribution in [0.1, 0.15) is 23.2 Å². The maximum Gasteiger partial charge on any atom is 0.253 e. The van der Waals surface area contributed by atoms with E-state index in [-0.39, 0.29) is 17.3 Å². The molecule has 0 aliphatic heterocycles. The Morgan fingerprint density at radius 1 is 1.53 bits per heavy atom. The number of nitrogens with two attached hydrogens (primary N) is 1. The number of aromatic hydroxyl groups is 1. The summed E-state index contributed by atoms with van der Waals surface area (Å²) in [5.74, 6) is 0.518. The number of amides is 1. The minimum atomic E-state index is -0.148. The van der Waals surface area contributed by atoms with Gasteiger partial charge in [-0.15, -0.1) is 0 Å². The molecule has 1 amide bonds. The lowest BCUT2D eigenvalue weighted by atomic mass is 10.1. The first-order chi connectivity index (χ1) is 9.08. The van der Waals surface area contributed by atoms with E-state index >= 15 is 0 Å². The summed E-state index contributed by atoms with van der Waals surface area (Å²) in [4.78, 5) is 13.6. The van der Waals surface area contributed by atoms with E-state index in [0.717, 1.165) is 12.5 Å². The number of nitrogen functional groups attached to an aromatic ring is 1. The first kappa shape index (κ1) is 13.7. The van der Waals surface area contributed by atoms with E-state index in [1.807, 2.05) is 0 Å². The Labute approximate surface area is 113 Å². The number of hydrogen-bond donors (Lipinski definition) is 2. The summed E-state index contributed by atoms with van der Waals surface area (Å²) in [7, 11) is 1.72. The second-order valence-corrected chi connectivity index (χ2v) is 5.02. The molecule has 5 nitrogen and oxygen atoms in total. The predicted molar refractivity (Wildman–Crippen MR) is 73.0 cm³/mol. The highest BCUT2D eigenvalue weighted by Crippen LogP contribution is 2.28. The van der Waals surface area contributed by atoms with Crippen LogP contribution in [0.5, 0.6) is 5.75 Å². The lowest BCUT2D eigenvalue weighted by Crippen LogP contribution is -2.30. The molecule has 0 bridgehead atoms. The van der Waals surface area contributed by atoms with Gasteiger partial charge in [-0.25, -0.2) is 0 Å². The molecule has 1 saturated carbocycles. The van der Waals surface area contributed by atoms with E-state index in [1.54, 1.807) is 18.0 Å². The van der Waals surface area contributed by atoms with Crippen LogP contribution in [0.3, 0.4) is 0 Å². The predicted octanol–water partition coefficient (Wildman–Crippen LogP) is 1.47. The van der Waals surface area contributed by atoms with Gasteiger partial charge in [0.25, 0.3) is 5.91 Å². The van der Waals surface area contributed by atoms with Crippen molar-refractivity contribution in [3.8, 4) is 5.75 Å². The number of carbonyl (C=O) groups is 1. The van der Waals surface area contributed by atoms with Crippen molar-refractivity contribution in [2.24, 2.45) is 5.92 Å². The fourth-order valence-electron chi connectivity index (χ4n) is 1.73. The molecule has 1 aromatic rings. The number of rotatable bonds is 6. The van der Waals surface area contributed by atoms with E-state index in [2.05, 4.69) is 0 Å². The second kappa shape index (κ2) is 5.93. The summed E-state index contributed by atoms with van der Waals surface area (Å²) >= 11 is 0.